The fourth-order valence-corrected chi connectivity index (χ4v) is 2.98. The van der Waals surface area contributed by atoms with Crippen molar-refractivity contribution in [1.29, 1.82) is 0 Å². The van der Waals surface area contributed by atoms with Crippen molar-refractivity contribution in [3.05, 3.63) is 48.3 Å². The summed E-state index contributed by atoms with van der Waals surface area (Å²) in [6.07, 6.45) is 7.69. The van der Waals surface area contributed by atoms with E-state index in [9.17, 15) is 4.79 Å². The predicted octanol–water partition coefficient (Wildman–Crippen LogP) is 1.98. The van der Waals surface area contributed by atoms with Crippen LogP contribution in [0.4, 0.5) is 0 Å². The van der Waals surface area contributed by atoms with Gasteiger partial charge in [0, 0.05) is 50.6 Å². The van der Waals surface area contributed by atoms with Crippen molar-refractivity contribution < 1.29 is 9.53 Å². The molecule has 0 radical (unpaired) electrons. The topological polar surface area (TPSA) is 60.2 Å². The van der Waals surface area contributed by atoms with Crippen LogP contribution in [-0.2, 0) is 17.8 Å². The van der Waals surface area contributed by atoms with E-state index in [-0.39, 0.29) is 5.91 Å². The Morgan fingerprint density at radius 1 is 1.39 bits per heavy atom. The average molecular weight is 314 g/mol. The molecule has 2 aromatic rings. The summed E-state index contributed by atoms with van der Waals surface area (Å²) in [7, 11) is 0. The molecule has 0 unspecified atom stereocenters. The van der Waals surface area contributed by atoms with Gasteiger partial charge < -0.3 is 14.2 Å². The fraction of sp³-hybridized carbons (Fsp3) is 0.471. The Morgan fingerprint density at radius 3 is 3.09 bits per heavy atom. The first kappa shape index (κ1) is 15.7. The number of carbonyl (C=O) groups excluding carboxylic acids is 1. The first-order valence-corrected chi connectivity index (χ1v) is 8.05. The Kier molecular flexibility index (Phi) is 5.02. The van der Waals surface area contributed by atoms with E-state index in [0.717, 1.165) is 31.9 Å². The molecule has 122 valence electrons. The second kappa shape index (κ2) is 7.37. The number of rotatable bonds is 5. The summed E-state index contributed by atoms with van der Waals surface area (Å²) in [5.41, 5.74) is 1.55. The monoisotopic (exact) mass is 314 g/mol. The molecule has 1 aliphatic rings. The second-order valence-electron chi connectivity index (χ2n) is 5.78. The van der Waals surface area contributed by atoms with Crippen LogP contribution in [0.3, 0.4) is 0 Å². The van der Waals surface area contributed by atoms with Gasteiger partial charge in [-0.2, -0.15) is 0 Å². The third kappa shape index (κ3) is 3.76. The zero-order chi connectivity index (χ0) is 16.1. The van der Waals surface area contributed by atoms with Crippen LogP contribution in [0.2, 0.25) is 0 Å². The molecule has 6 heteroatoms. The summed E-state index contributed by atoms with van der Waals surface area (Å²) < 4.78 is 7.73. The van der Waals surface area contributed by atoms with Gasteiger partial charge >= 0.3 is 0 Å². The highest BCUT2D eigenvalue weighted by atomic mass is 16.5. The molecule has 3 heterocycles. The molecule has 1 amide bonds. The highest BCUT2D eigenvalue weighted by Crippen LogP contribution is 2.20. The third-order valence-corrected chi connectivity index (χ3v) is 4.15. The van der Waals surface area contributed by atoms with Gasteiger partial charge in [0.1, 0.15) is 5.69 Å². The lowest BCUT2D eigenvalue weighted by atomic mass is 10.1. The van der Waals surface area contributed by atoms with E-state index in [2.05, 4.69) is 26.8 Å². The molecule has 0 N–H and O–H groups in total. The Labute approximate surface area is 136 Å². The maximum atomic E-state index is 12.7. The van der Waals surface area contributed by atoms with Gasteiger partial charge in [-0.15, -0.1) is 0 Å². The lowest BCUT2D eigenvalue weighted by molar-refractivity contribution is 0.0688. The molecule has 0 saturated heterocycles. The molecule has 0 fully saturated rings. The molecule has 1 aliphatic heterocycles. The number of ether oxygens (including phenoxy) is 1. The van der Waals surface area contributed by atoms with Crippen molar-refractivity contribution in [2.75, 3.05) is 19.8 Å². The Balaban J connectivity index is 1.77. The summed E-state index contributed by atoms with van der Waals surface area (Å²) in [4.78, 5) is 22.8. The molecule has 23 heavy (non-hydrogen) atoms. The SMILES string of the molecule is CCOCC[C@@H]1CN(C(=O)c2cnccn2)Cc2cccn2C1. The van der Waals surface area contributed by atoms with Gasteiger partial charge in [0.2, 0.25) is 0 Å². The van der Waals surface area contributed by atoms with E-state index in [1.165, 1.54) is 6.20 Å². The normalized spacial score (nSPS) is 17.6. The lowest BCUT2D eigenvalue weighted by Crippen LogP contribution is -2.34. The van der Waals surface area contributed by atoms with Crippen LogP contribution in [0.5, 0.6) is 0 Å². The largest absolute Gasteiger partial charge is 0.382 e. The number of carbonyl (C=O) groups is 1. The first-order chi connectivity index (χ1) is 11.3. The average Bonchev–Trinajstić information content (AvgIpc) is 2.94. The summed E-state index contributed by atoms with van der Waals surface area (Å²) in [5.74, 6) is 0.310. The van der Waals surface area contributed by atoms with Crippen LogP contribution >= 0.6 is 0 Å². The molecule has 0 aliphatic carbocycles. The number of fused-ring (bicyclic) bond motifs is 1. The molecule has 0 saturated carbocycles. The smallest absolute Gasteiger partial charge is 0.274 e. The van der Waals surface area contributed by atoms with Crippen LogP contribution in [0.1, 0.15) is 29.5 Å². The number of amides is 1. The van der Waals surface area contributed by atoms with Gasteiger partial charge in [0.05, 0.1) is 12.7 Å². The summed E-state index contributed by atoms with van der Waals surface area (Å²) in [5, 5.41) is 0. The Hall–Kier alpha value is -2.21. The number of hydrogen-bond donors (Lipinski definition) is 0. The first-order valence-electron chi connectivity index (χ1n) is 8.05. The number of nitrogens with zero attached hydrogens (tertiary/aromatic N) is 4. The van der Waals surface area contributed by atoms with Gasteiger partial charge in [0.15, 0.2) is 0 Å². The van der Waals surface area contributed by atoms with Crippen LogP contribution in [0.25, 0.3) is 0 Å². The molecule has 3 rings (SSSR count). The Morgan fingerprint density at radius 2 is 2.30 bits per heavy atom. The highest BCUT2D eigenvalue weighted by molar-refractivity contribution is 5.91. The van der Waals surface area contributed by atoms with Gasteiger partial charge in [-0.3, -0.25) is 9.78 Å². The molecule has 0 spiro atoms. The summed E-state index contributed by atoms with van der Waals surface area (Å²) >= 11 is 0. The van der Waals surface area contributed by atoms with Crippen molar-refractivity contribution in [3.8, 4) is 0 Å². The zero-order valence-corrected chi connectivity index (χ0v) is 13.4. The van der Waals surface area contributed by atoms with Crippen LogP contribution in [0.15, 0.2) is 36.9 Å². The third-order valence-electron chi connectivity index (χ3n) is 4.15. The van der Waals surface area contributed by atoms with Gasteiger partial charge in [-0.1, -0.05) is 0 Å². The standard InChI is InChI=1S/C17H22N4O2/c1-2-23-9-5-14-11-20-8-3-4-15(20)13-21(12-14)17(22)16-10-18-6-7-19-16/h3-4,6-8,10,14H,2,5,9,11-13H2,1H3/t14-/m0/s1. The fourth-order valence-electron chi connectivity index (χ4n) is 2.98. The van der Waals surface area contributed by atoms with E-state index >= 15 is 0 Å². The number of aromatic nitrogens is 3. The molecule has 2 aromatic heterocycles. The molecular formula is C17H22N4O2. The number of hydrogen-bond acceptors (Lipinski definition) is 4. The van der Waals surface area contributed by atoms with Crippen molar-refractivity contribution in [3.63, 3.8) is 0 Å². The molecule has 6 nitrogen and oxygen atoms in total. The highest BCUT2D eigenvalue weighted by Gasteiger charge is 2.26. The minimum Gasteiger partial charge on any atom is -0.382 e. The van der Waals surface area contributed by atoms with E-state index in [0.29, 0.717) is 24.7 Å². The molecule has 0 aromatic carbocycles. The van der Waals surface area contributed by atoms with Crippen molar-refractivity contribution in [1.82, 2.24) is 19.4 Å². The van der Waals surface area contributed by atoms with Gasteiger partial charge in [0.25, 0.3) is 5.91 Å². The van der Waals surface area contributed by atoms with Gasteiger partial charge in [-0.25, -0.2) is 4.98 Å². The molecule has 0 bridgehead atoms. The summed E-state index contributed by atoms with van der Waals surface area (Å²) in [6, 6.07) is 4.10. The van der Waals surface area contributed by atoms with E-state index < -0.39 is 0 Å². The van der Waals surface area contributed by atoms with Crippen molar-refractivity contribution >= 4 is 5.91 Å². The van der Waals surface area contributed by atoms with Crippen LogP contribution < -0.4 is 0 Å². The maximum absolute atomic E-state index is 12.7. The quantitative estimate of drug-likeness (QED) is 0.792. The van der Waals surface area contributed by atoms with Crippen molar-refractivity contribution in [2.45, 2.75) is 26.4 Å². The zero-order valence-electron chi connectivity index (χ0n) is 13.4. The predicted molar refractivity (Wildman–Crippen MR) is 85.8 cm³/mol. The van der Waals surface area contributed by atoms with E-state index in [4.69, 9.17) is 4.74 Å². The summed E-state index contributed by atoms with van der Waals surface area (Å²) in [6.45, 7) is 5.69. The van der Waals surface area contributed by atoms with E-state index in [1.54, 1.807) is 12.4 Å². The van der Waals surface area contributed by atoms with Crippen LogP contribution in [-0.4, -0.2) is 45.1 Å². The molecular weight excluding hydrogens is 292 g/mol. The second-order valence-corrected chi connectivity index (χ2v) is 5.78. The van der Waals surface area contributed by atoms with Crippen LogP contribution in [0, 0.1) is 5.92 Å². The van der Waals surface area contributed by atoms with Crippen molar-refractivity contribution in [2.24, 2.45) is 5.92 Å². The minimum atomic E-state index is -0.0610. The molecule has 1 atom stereocenters. The minimum absolute atomic E-state index is 0.0610. The Bertz CT molecular complexity index is 641. The maximum Gasteiger partial charge on any atom is 0.274 e. The van der Waals surface area contributed by atoms with Gasteiger partial charge in [-0.05, 0) is 31.4 Å². The lowest BCUT2D eigenvalue weighted by Gasteiger charge is -2.23. The van der Waals surface area contributed by atoms with E-state index in [1.807, 2.05) is 17.9 Å².